The highest BCUT2D eigenvalue weighted by molar-refractivity contribution is 5.64. The molecule has 2 unspecified atom stereocenters. The Morgan fingerprint density at radius 3 is 3.00 bits per heavy atom. The molecule has 1 aromatic rings. The maximum Gasteiger partial charge on any atom is 0.142 e. The summed E-state index contributed by atoms with van der Waals surface area (Å²) in [6, 6.07) is 6.11. The van der Waals surface area contributed by atoms with Crippen LogP contribution in [0.2, 0.25) is 0 Å². The molecule has 3 nitrogen and oxygen atoms in total. The van der Waals surface area contributed by atoms with E-state index in [4.69, 9.17) is 10.5 Å². The van der Waals surface area contributed by atoms with Crippen molar-refractivity contribution in [1.29, 1.82) is 0 Å². The molecule has 1 aliphatic rings. The van der Waals surface area contributed by atoms with Crippen LogP contribution in [0.4, 0.5) is 5.69 Å². The summed E-state index contributed by atoms with van der Waals surface area (Å²) in [6.07, 6.45) is 0. The Kier molecular flexibility index (Phi) is 2.33. The fourth-order valence-corrected chi connectivity index (χ4v) is 1.88. The first-order valence-electron chi connectivity index (χ1n) is 4.90. The zero-order valence-electron chi connectivity index (χ0n) is 8.58. The molecular weight excluding hydrogens is 176 g/mol. The van der Waals surface area contributed by atoms with E-state index in [1.807, 2.05) is 12.1 Å². The van der Waals surface area contributed by atoms with E-state index >= 15 is 0 Å². The van der Waals surface area contributed by atoms with Gasteiger partial charge in [0.05, 0.1) is 12.8 Å². The number of hydrogen-bond donors (Lipinski definition) is 2. The number of nitrogens with one attached hydrogen (secondary N) is 1. The SMILES string of the molecule is COc1cccc2c1NCC(C)C2N. The van der Waals surface area contributed by atoms with E-state index in [-0.39, 0.29) is 6.04 Å². The third-order valence-corrected chi connectivity index (χ3v) is 2.85. The van der Waals surface area contributed by atoms with E-state index in [1.165, 1.54) is 0 Å². The van der Waals surface area contributed by atoms with Crippen LogP contribution in [0.25, 0.3) is 0 Å². The monoisotopic (exact) mass is 192 g/mol. The smallest absolute Gasteiger partial charge is 0.142 e. The molecule has 0 radical (unpaired) electrons. The fourth-order valence-electron chi connectivity index (χ4n) is 1.88. The molecule has 0 bridgehead atoms. The molecule has 0 aromatic heterocycles. The number of ether oxygens (including phenoxy) is 1. The number of fused-ring (bicyclic) bond motifs is 1. The second kappa shape index (κ2) is 3.50. The van der Waals surface area contributed by atoms with Gasteiger partial charge in [-0.15, -0.1) is 0 Å². The third-order valence-electron chi connectivity index (χ3n) is 2.85. The van der Waals surface area contributed by atoms with Crippen molar-refractivity contribution in [1.82, 2.24) is 0 Å². The van der Waals surface area contributed by atoms with Gasteiger partial charge < -0.3 is 15.8 Å². The standard InChI is InChI=1S/C11H16N2O/c1-7-6-13-11-8(10(7)12)4-3-5-9(11)14-2/h3-5,7,10,13H,6,12H2,1-2H3. The van der Waals surface area contributed by atoms with Gasteiger partial charge >= 0.3 is 0 Å². The number of hydrogen-bond acceptors (Lipinski definition) is 3. The van der Waals surface area contributed by atoms with Gasteiger partial charge in [0, 0.05) is 12.6 Å². The minimum atomic E-state index is 0.112. The molecule has 0 spiro atoms. The van der Waals surface area contributed by atoms with Gasteiger partial charge in [0.1, 0.15) is 5.75 Å². The minimum Gasteiger partial charge on any atom is -0.495 e. The molecule has 3 N–H and O–H groups in total. The maximum absolute atomic E-state index is 6.12. The van der Waals surface area contributed by atoms with E-state index in [2.05, 4.69) is 18.3 Å². The summed E-state index contributed by atoms with van der Waals surface area (Å²) in [5.41, 5.74) is 8.33. The molecule has 1 aromatic carbocycles. The Hall–Kier alpha value is -1.22. The van der Waals surface area contributed by atoms with E-state index in [0.717, 1.165) is 23.5 Å². The predicted octanol–water partition coefficient (Wildman–Crippen LogP) is 1.76. The van der Waals surface area contributed by atoms with Crippen LogP contribution in [-0.4, -0.2) is 13.7 Å². The highest BCUT2D eigenvalue weighted by atomic mass is 16.5. The van der Waals surface area contributed by atoms with Crippen LogP contribution in [0.15, 0.2) is 18.2 Å². The van der Waals surface area contributed by atoms with Crippen LogP contribution >= 0.6 is 0 Å². The van der Waals surface area contributed by atoms with Gasteiger partial charge in [0.2, 0.25) is 0 Å². The molecule has 1 aliphatic heterocycles. The summed E-state index contributed by atoms with van der Waals surface area (Å²) in [6.45, 7) is 3.06. The number of benzene rings is 1. The normalized spacial score (nSPS) is 25.1. The summed E-state index contributed by atoms with van der Waals surface area (Å²) >= 11 is 0. The van der Waals surface area contributed by atoms with Crippen molar-refractivity contribution in [3.05, 3.63) is 23.8 Å². The third kappa shape index (κ3) is 1.34. The van der Waals surface area contributed by atoms with E-state index in [9.17, 15) is 0 Å². The van der Waals surface area contributed by atoms with Crippen LogP contribution in [0, 0.1) is 5.92 Å². The lowest BCUT2D eigenvalue weighted by molar-refractivity contribution is 0.409. The number of rotatable bonds is 1. The summed E-state index contributed by atoms with van der Waals surface area (Å²) in [5.74, 6) is 1.35. The topological polar surface area (TPSA) is 47.3 Å². The lowest BCUT2D eigenvalue weighted by Crippen LogP contribution is -2.31. The lowest BCUT2D eigenvalue weighted by Gasteiger charge is -2.30. The average Bonchev–Trinajstić information content (AvgIpc) is 2.23. The Balaban J connectivity index is 2.47. The van der Waals surface area contributed by atoms with Gasteiger partial charge in [-0.3, -0.25) is 0 Å². The van der Waals surface area contributed by atoms with Crippen molar-refractivity contribution < 1.29 is 4.74 Å². The number of methoxy groups -OCH3 is 1. The first-order chi connectivity index (χ1) is 6.74. The van der Waals surface area contributed by atoms with Gasteiger partial charge in [-0.05, 0) is 17.5 Å². The van der Waals surface area contributed by atoms with Crippen LogP contribution in [0.5, 0.6) is 5.75 Å². The minimum absolute atomic E-state index is 0.112. The highest BCUT2D eigenvalue weighted by Gasteiger charge is 2.24. The molecule has 0 saturated heterocycles. The molecule has 2 rings (SSSR count). The molecule has 14 heavy (non-hydrogen) atoms. The molecule has 0 aliphatic carbocycles. The Labute approximate surface area is 84.3 Å². The maximum atomic E-state index is 6.12. The molecule has 2 atom stereocenters. The zero-order chi connectivity index (χ0) is 10.1. The van der Waals surface area contributed by atoms with Gasteiger partial charge in [0.25, 0.3) is 0 Å². The van der Waals surface area contributed by atoms with Gasteiger partial charge in [0.15, 0.2) is 0 Å². The average molecular weight is 192 g/mol. The molecule has 0 fully saturated rings. The van der Waals surface area contributed by atoms with Crippen molar-refractivity contribution in [3.8, 4) is 5.75 Å². The quantitative estimate of drug-likeness (QED) is 0.712. The van der Waals surface area contributed by atoms with Crippen molar-refractivity contribution in [2.75, 3.05) is 19.0 Å². The second-order valence-corrected chi connectivity index (χ2v) is 3.81. The fraction of sp³-hybridized carbons (Fsp3) is 0.455. The highest BCUT2D eigenvalue weighted by Crippen LogP contribution is 2.37. The predicted molar refractivity (Wildman–Crippen MR) is 57.6 cm³/mol. The van der Waals surface area contributed by atoms with Crippen molar-refractivity contribution in [2.24, 2.45) is 11.7 Å². The summed E-state index contributed by atoms with van der Waals surface area (Å²) in [7, 11) is 1.68. The van der Waals surface area contributed by atoms with Crippen LogP contribution in [0.1, 0.15) is 18.5 Å². The van der Waals surface area contributed by atoms with E-state index in [0.29, 0.717) is 5.92 Å². The Morgan fingerprint density at radius 2 is 2.29 bits per heavy atom. The molecule has 76 valence electrons. The van der Waals surface area contributed by atoms with Gasteiger partial charge in [-0.1, -0.05) is 19.1 Å². The molecule has 0 saturated carbocycles. The van der Waals surface area contributed by atoms with Crippen LogP contribution in [0.3, 0.4) is 0 Å². The summed E-state index contributed by atoms with van der Waals surface area (Å²) in [5, 5.41) is 3.36. The van der Waals surface area contributed by atoms with Crippen LogP contribution in [-0.2, 0) is 0 Å². The first-order valence-corrected chi connectivity index (χ1v) is 4.90. The van der Waals surface area contributed by atoms with Gasteiger partial charge in [-0.2, -0.15) is 0 Å². The molecule has 0 amide bonds. The zero-order valence-corrected chi connectivity index (χ0v) is 8.58. The molecule has 1 heterocycles. The second-order valence-electron chi connectivity index (χ2n) is 3.81. The Morgan fingerprint density at radius 1 is 1.50 bits per heavy atom. The first kappa shape index (κ1) is 9.34. The summed E-state index contributed by atoms with van der Waals surface area (Å²) in [4.78, 5) is 0. The van der Waals surface area contributed by atoms with E-state index < -0.39 is 0 Å². The number of anilines is 1. The summed E-state index contributed by atoms with van der Waals surface area (Å²) < 4.78 is 5.28. The number of para-hydroxylation sites is 1. The van der Waals surface area contributed by atoms with Crippen molar-refractivity contribution in [3.63, 3.8) is 0 Å². The van der Waals surface area contributed by atoms with Crippen LogP contribution < -0.4 is 15.8 Å². The Bertz CT molecular complexity index is 338. The lowest BCUT2D eigenvalue weighted by atomic mass is 9.90. The van der Waals surface area contributed by atoms with Crippen molar-refractivity contribution >= 4 is 5.69 Å². The molecule has 3 heteroatoms. The van der Waals surface area contributed by atoms with Gasteiger partial charge in [-0.25, -0.2) is 0 Å². The largest absolute Gasteiger partial charge is 0.495 e. The number of nitrogens with two attached hydrogens (primary N) is 1. The van der Waals surface area contributed by atoms with E-state index in [1.54, 1.807) is 7.11 Å². The molecular formula is C11H16N2O. The van der Waals surface area contributed by atoms with Crippen molar-refractivity contribution in [2.45, 2.75) is 13.0 Å².